The Labute approximate surface area is 212 Å². The third-order valence-corrected chi connectivity index (χ3v) is 6.82. The highest BCUT2D eigenvalue weighted by Crippen LogP contribution is 2.42. The molecule has 5 rings (SSSR count). The summed E-state index contributed by atoms with van der Waals surface area (Å²) in [4.78, 5) is 26.6. The Morgan fingerprint density at radius 2 is 1.89 bits per heavy atom. The SMILES string of the molecule is COc1ccc(NC(=O)CSc2nc(-c3ccccc3)nc3c2Cc2c(CO)cnc(C)c2O3)cc1. The predicted molar refractivity (Wildman–Crippen MR) is 138 cm³/mol. The zero-order valence-corrected chi connectivity index (χ0v) is 20.6. The van der Waals surface area contributed by atoms with E-state index in [1.165, 1.54) is 11.8 Å². The third kappa shape index (κ3) is 4.89. The van der Waals surface area contributed by atoms with E-state index in [1.807, 2.05) is 37.3 Å². The minimum absolute atomic E-state index is 0.149. The lowest BCUT2D eigenvalue weighted by Crippen LogP contribution is -2.16. The van der Waals surface area contributed by atoms with Crippen molar-refractivity contribution in [3.63, 3.8) is 0 Å². The molecular formula is C27H24N4O4S. The van der Waals surface area contributed by atoms with Crippen molar-refractivity contribution < 1.29 is 19.4 Å². The fourth-order valence-corrected chi connectivity index (χ4v) is 4.76. The second-order valence-electron chi connectivity index (χ2n) is 8.18. The first-order valence-corrected chi connectivity index (χ1v) is 12.3. The fraction of sp³-hybridized carbons (Fsp3) is 0.185. The average molecular weight is 501 g/mol. The van der Waals surface area contributed by atoms with E-state index in [-0.39, 0.29) is 18.3 Å². The van der Waals surface area contributed by atoms with Crippen molar-refractivity contribution >= 4 is 23.4 Å². The molecule has 182 valence electrons. The number of pyridine rings is 1. The Morgan fingerprint density at radius 3 is 2.61 bits per heavy atom. The lowest BCUT2D eigenvalue weighted by Gasteiger charge is -2.24. The van der Waals surface area contributed by atoms with Gasteiger partial charge in [-0.05, 0) is 31.2 Å². The lowest BCUT2D eigenvalue weighted by atomic mass is 9.99. The first-order valence-electron chi connectivity index (χ1n) is 11.3. The number of aryl methyl sites for hydroxylation is 1. The number of carbonyl (C=O) groups is 1. The summed E-state index contributed by atoms with van der Waals surface area (Å²) in [6.45, 7) is 1.72. The number of hydrogen-bond donors (Lipinski definition) is 2. The van der Waals surface area contributed by atoms with Crippen LogP contribution in [-0.4, -0.2) is 38.8 Å². The molecule has 2 N–H and O–H groups in total. The van der Waals surface area contributed by atoms with Crippen molar-refractivity contribution in [1.29, 1.82) is 0 Å². The monoisotopic (exact) mass is 500 g/mol. The van der Waals surface area contributed by atoms with Gasteiger partial charge in [-0.25, -0.2) is 4.98 Å². The van der Waals surface area contributed by atoms with E-state index in [0.29, 0.717) is 40.2 Å². The molecule has 2 aromatic heterocycles. The Bertz CT molecular complexity index is 1410. The van der Waals surface area contributed by atoms with Gasteiger partial charge in [0.25, 0.3) is 0 Å². The molecule has 0 bridgehead atoms. The number of anilines is 1. The molecule has 0 radical (unpaired) electrons. The zero-order valence-electron chi connectivity index (χ0n) is 19.8. The molecule has 0 unspecified atom stereocenters. The molecule has 0 atom stereocenters. The summed E-state index contributed by atoms with van der Waals surface area (Å²) in [7, 11) is 1.60. The number of rotatable bonds is 7. The number of amides is 1. The van der Waals surface area contributed by atoms with Crippen LogP contribution in [0.1, 0.15) is 22.4 Å². The maximum Gasteiger partial charge on any atom is 0.234 e. The minimum atomic E-state index is -0.160. The summed E-state index contributed by atoms with van der Waals surface area (Å²) >= 11 is 1.33. The van der Waals surface area contributed by atoms with Crippen molar-refractivity contribution in [1.82, 2.24) is 15.0 Å². The number of aliphatic hydroxyl groups is 1. The largest absolute Gasteiger partial charge is 0.497 e. The van der Waals surface area contributed by atoms with Crippen LogP contribution in [0.3, 0.4) is 0 Å². The number of thioether (sulfide) groups is 1. The Balaban J connectivity index is 1.45. The number of nitrogens with zero attached hydrogens (tertiary/aromatic N) is 3. The van der Waals surface area contributed by atoms with Crippen LogP contribution in [0.15, 0.2) is 65.8 Å². The molecule has 0 saturated carbocycles. The van der Waals surface area contributed by atoms with Gasteiger partial charge in [-0.3, -0.25) is 9.78 Å². The molecule has 3 heterocycles. The lowest BCUT2D eigenvalue weighted by molar-refractivity contribution is -0.113. The van der Waals surface area contributed by atoms with Crippen molar-refractivity contribution in [2.24, 2.45) is 0 Å². The quantitative estimate of drug-likeness (QED) is 0.243. The van der Waals surface area contributed by atoms with Gasteiger partial charge < -0.3 is 19.9 Å². The molecule has 8 nitrogen and oxygen atoms in total. The summed E-state index contributed by atoms with van der Waals surface area (Å²) in [5, 5.41) is 13.4. The molecule has 0 aliphatic carbocycles. The number of ether oxygens (including phenoxy) is 2. The van der Waals surface area contributed by atoms with Crippen LogP contribution < -0.4 is 14.8 Å². The molecule has 1 aliphatic rings. The van der Waals surface area contributed by atoms with Crippen LogP contribution in [0.5, 0.6) is 17.4 Å². The molecule has 0 fully saturated rings. The summed E-state index contributed by atoms with van der Waals surface area (Å²) in [6.07, 6.45) is 2.14. The van der Waals surface area contributed by atoms with E-state index < -0.39 is 0 Å². The smallest absolute Gasteiger partial charge is 0.234 e. The van der Waals surface area contributed by atoms with Crippen LogP contribution >= 0.6 is 11.8 Å². The molecule has 1 aliphatic heterocycles. The first kappa shape index (κ1) is 23.8. The summed E-state index contributed by atoms with van der Waals surface area (Å²) < 4.78 is 11.4. The number of methoxy groups -OCH3 is 1. The summed E-state index contributed by atoms with van der Waals surface area (Å²) in [5.41, 5.74) is 4.59. The first-order chi connectivity index (χ1) is 17.6. The summed E-state index contributed by atoms with van der Waals surface area (Å²) in [5.74, 6) is 2.27. The maximum absolute atomic E-state index is 12.7. The Kier molecular flexibility index (Phi) is 6.84. The molecular weight excluding hydrogens is 476 g/mol. The number of carbonyl (C=O) groups excluding carboxylic acids is 1. The van der Waals surface area contributed by atoms with E-state index >= 15 is 0 Å². The molecule has 9 heteroatoms. The highest BCUT2D eigenvalue weighted by atomic mass is 32.2. The van der Waals surface area contributed by atoms with Crippen LogP contribution in [0.25, 0.3) is 11.4 Å². The highest BCUT2D eigenvalue weighted by molar-refractivity contribution is 8.00. The standard InChI is InChI=1S/C27H24N4O4S/c1-16-24-21(18(14-32)13-28-16)12-22-26(35-24)30-25(17-6-4-3-5-7-17)31-27(22)36-15-23(33)29-19-8-10-20(34-2)11-9-19/h3-11,13,32H,12,14-15H2,1-2H3,(H,29,33). The van der Waals surface area contributed by atoms with Gasteiger partial charge in [0, 0.05) is 35.0 Å². The zero-order chi connectivity index (χ0) is 25.1. The number of aromatic nitrogens is 3. The highest BCUT2D eigenvalue weighted by Gasteiger charge is 2.28. The molecule has 2 aromatic carbocycles. The van der Waals surface area contributed by atoms with Crippen LogP contribution in [-0.2, 0) is 17.8 Å². The van der Waals surface area contributed by atoms with Crippen molar-refractivity contribution in [3.8, 4) is 28.8 Å². The third-order valence-electron chi connectivity index (χ3n) is 5.80. The van der Waals surface area contributed by atoms with Gasteiger partial charge in [0.05, 0.1) is 30.7 Å². The Morgan fingerprint density at radius 1 is 1.11 bits per heavy atom. The summed E-state index contributed by atoms with van der Waals surface area (Å²) in [6, 6.07) is 16.8. The fourth-order valence-electron chi connectivity index (χ4n) is 3.93. The van der Waals surface area contributed by atoms with E-state index in [9.17, 15) is 9.90 Å². The van der Waals surface area contributed by atoms with E-state index in [0.717, 1.165) is 28.1 Å². The second-order valence-corrected chi connectivity index (χ2v) is 9.14. The van der Waals surface area contributed by atoms with Crippen LogP contribution in [0.2, 0.25) is 0 Å². The number of aliphatic hydroxyl groups excluding tert-OH is 1. The maximum atomic E-state index is 12.7. The predicted octanol–water partition coefficient (Wildman–Crippen LogP) is 4.78. The van der Waals surface area contributed by atoms with Crippen LogP contribution in [0.4, 0.5) is 5.69 Å². The van der Waals surface area contributed by atoms with E-state index in [2.05, 4.69) is 10.3 Å². The molecule has 4 aromatic rings. The van der Waals surface area contributed by atoms with E-state index in [1.54, 1.807) is 37.6 Å². The molecule has 0 spiro atoms. The van der Waals surface area contributed by atoms with Crippen molar-refractivity contribution in [2.45, 2.75) is 25.0 Å². The van der Waals surface area contributed by atoms with Gasteiger partial charge in [-0.15, -0.1) is 0 Å². The number of nitrogens with one attached hydrogen (secondary N) is 1. The average Bonchev–Trinajstić information content (AvgIpc) is 2.92. The molecule has 0 saturated heterocycles. The molecule has 1 amide bonds. The normalized spacial score (nSPS) is 11.8. The van der Waals surface area contributed by atoms with Gasteiger partial charge in [0.15, 0.2) is 11.6 Å². The number of fused-ring (bicyclic) bond motifs is 2. The van der Waals surface area contributed by atoms with Crippen LogP contribution in [0, 0.1) is 6.92 Å². The van der Waals surface area contributed by atoms with Gasteiger partial charge in [-0.1, -0.05) is 42.1 Å². The van der Waals surface area contributed by atoms with Crippen molar-refractivity contribution in [3.05, 3.63) is 83.2 Å². The van der Waals surface area contributed by atoms with Gasteiger partial charge in [-0.2, -0.15) is 4.98 Å². The minimum Gasteiger partial charge on any atom is -0.497 e. The second kappa shape index (κ2) is 10.3. The Hall–Kier alpha value is -3.95. The van der Waals surface area contributed by atoms with Gasteiger partial charge in [0.1, 0.15) is 10.8 Å². The molecule has 36 heavy (non-hydrogen) atoms. The topological polar surface area (TPSA) is 106 Å². The number of hydrogen-bond acceptors (Lipinski definition) is 8. The van der Waals surface area contributed by atoms with Crippen molar-refractivity contribution in [2.75, 3.05) is 18.2 Å². The van der Waals surface area contributed by atoms with Gasteiger partial charge in [0.2, 0.25) is 11.8 Å². The van der Waals surface area contributed by atoms with E-state index in [4.69, 9.17) is 19.4 Å². The van der Waals surface area contributed by atoms with Gasteiger partial charge >= 0.3 is 0 Å². The number of benzene rings is 2.